The average molecular weight is 497 g/mol. The van der Waals surface area contributed by atoms with E-state index in [9.17, 15) is 16.8 Å². The molecule has 0 unspecified atom stereocenters. The number of rotatable bonds is 8. The van der Waals surface area contributed by atoms with E-state index in [1.165, 1.54) is 0 Å². The van der Waals surface area contributed by atoms with Crippen molar-refractivity contribution in [1.29, 1.82) is 0 Å². The molecule has 0 saturated carbocycles. The van der Waals surface area contributed by atoms with Crippen LogP contribution in [0.2, 0.25) is 0 Å². The summed E-state index contributed by atoms with van der Waals surface area (Å²) >= 11 is 0. The van der Waals surface area contributed by atoms with Gasteiger partial charge in [-0.15, -0.1) is 0 Å². The molecular weight excluding hydrogens is 472 g/mol. The normalized spacial score (nSPS) is 10.8. The molecule has 34 heavy (non-hydrogen) atoms. The predicted octanol–water partition coefficient (Wildman–Crippen LogP) is 4.91. The Morgan fingerprint density at radius 3 is 0.676 bits per heavy atom. The molecule has 4 N–H and O–H groups in total. The van der Waals surface area contributed by atoms with Gasteiger partial charge in [0.25, 0.3) is 0 Å². The van der Waals surface area contributed by atoms with Crippen LogP contribution in [0.1, 0.15) is 0 Å². The first-order chi connectivity index (χ1) is 16.3. The maximum absolute atomic E-state index is 11.7. The van der Waals surface area contributed by atoms with E-state index < -0.39 is 20.4 Å². The van der Waals surface area contributed by atoms with Gasteiger partial charge in [-0.05, 0) is 48.5 Å². The van der Waals surface area contributed by atoms with Gasteiger partial charge in [0.2, 0.25) is 0 Å². The van der Waals surface area contributed by atoms with Crippen molar-refractivity contribution >= 4 is 43.2 Å². The van der Waals surface area contributed by atoms with E-state index in [0.29, 0.717) is 22.7 Å². The van der Waals surface area contributed by atoms with Gasteiger partial charge in [0.1, 0.15) is 0 Å². The highest BCUT2D eigenvalue weighted by Gasteiger charge is 2.09. The van der Waals surface area contributed by atoms with Crippen molar-refractivity contribution in [2.45, 2.75) is 0 Å². The van der Waals surface area contributed by atoms with Gasteiger partial charge in [0, 0.05) is 0 Å². The van der Waals surface area contributed by atoms with Crippen molar-refractivity contribution in [3.8, 4) is 0 Å². The molecule has 0 heterocycles. The van der Waals surface area contributed by atoms with Gasteiger partial charge in [-0.2, -0.15) is 16.8 Å². The Balaban J connectivity index is 0.000000191. The van der Waals surface area contributed by atoms with Crippen molar-refractivity contribution in [3.63, 3.8) is 0 Å². The summed E-state index contributed by atoms with van der Waals surface area (Å²) in [4.78, 5) is 0. The van der Waals surface area contributed by atoms with Crippen LogP contribution in [0.5, 0.6) is 0 Å². The summed E-state index contributed by atoms with van der Waals surface area (Å²) < 4.78 is 56.7. The Morgan fingerprint density at radius 1 is 0.324 bits per heavy atom. The van der Waals surface area contributed by atoms with Gasteiger partial charge in [0.15, 0.2) is 0 Å². The maximum Gasteiger partial charge on any atom is 0.321 e. The highest BCUT2D eigenvalue weighted by Crippen LogP contribution is 2.13. The van der Waals surface area contributed by atoms with Crippen LogP contribution in [0.15, 0.2) is 121 Å². The minimum absolute atomic E-state index is 0.524. The number of anilines is 4. The minimum Gasteiger partial charge on any atom is -0.267 e. The lowest BCUT2D eigenvalue weighted by Crippen LogP contribution is -2.21. The van der Waals surface area contributed by atoms with Crippen LogP contribution in [0, 0.1) is 0 Å². The topological polar surface area (TPSA) is 116 Å². The van der Waals surface area contributed by atoms with Crippen LogP contribution in [-0.2, 0) is 20.4 Å². The summed E-state index contributed by atoms with van der Waals surface area (Å²) in [5.74, 6) is 0. The third-order valence-electron chi connectivity index (χ3n) is 4.10. The molecule has 4 aromatic rings. The Kier molecular flexibility index (Phi) is 8.49. The van der Waals surface area contributed by atoms with E-state index in [2.05, 4.69) is 18.9 Å². The van der Waals surface area contributed by atoms with Crippen LogP contribution in [0.3, 0.4) is 0 Å². The lowest BCUT2D eigenvalue weighted by Gasteiger charge is -2.09. The molecule has 0 aliphatic rings. The van der Waals surface area contributed by atoms with Crippen molar-refractivity contribution < 1.29 is 16.8 Å². The van der Waals surface area contributed by atoms with Crippen molar-refractivity contribution in [2.75, 3.05) is 18.9 Å². The molecule has 0 saturated heterocycles. The summed E-state index contributed by atoms with van der Waals surface area (Å²) in [6.07, 6.45) is 0. The van der Waals surface area contributed by atoms with E-state index in [1.54, 1.807) is 97.1 Å². The molecule has 0 aromatic heterocycles. The molecule has 0 atom stereocenters. The van der Waals surface area contributed by atoms with Gasteiger partial charge < -0.3 is 0 Å². The predicted molar refractivity (Wildman–Crippen MR) is 138 cm³/mol. The zero-order valence-corrected chi connectivity index (χ0v) is 19.6. The molecular formula is C24H24N4O4S2. The van der Waals surface area contributed by atoms with Crippen LogP contribution < -0.4 is 18.9 Å². The number of hydrogen-bond acceptors (Lipinski definition) is 4. The molecule has 4 aromatic carbocycles. The summed E-state index contributed by atoms with van der Waals surface area (Å²) in [6.45, 7) is 0. The second kappa shape index (κ2) is 11.7. The monoisotopic (exact) mass is 496 g/mol. The van der Waals surface area contributed by atoms with Crippen LogP contribution in [0.25, 0.3) is 0 Å². The quantitative estimate of drug-likeness (QED) is 0.277. The second-order valence-electron chi connectivity index (χ2n) is 6.88. The van der Waals surface area contributed by atoms with E-state index in [-0.39, 0.29) is 0 Å². The van der Waals surface area contributed by atoms with Gasteiger partial charge >= 0.3 is 20.4 Å². The number of hydrogen-bond donors (Lipinski definition) is 4. The fraction of sp³-hybridized carbons (Fsp3) is 0. The zero-order valence-electron chi connectivity index (χ0n) is 18.0. The summed E-state index contributed by atoms with van der Waals surface area (Å²) in [5.41, 5.74) is 2.10. The number of para-hydroxylation sites is 4. The van der Waals surface area contributed by atoms with E-state index in [1.807, 2.05) is 24.3 Å². The van der Waals surface area contributed by atoms with Crippen molar-refractivity contribution in [2.24, 2.45) is 0 Å². The molecule has 0 bridgehead atoms. The molecule has 4 rings (SSSR count). The summed E-state index contributed by atoms with van der Waals surface area (Å²) in [6, 6.07) is 34.9. The Bertz CT molecular complexity index is 1150. The average Bonchev–Trinajstić information content (AvgIpc) is 2.81. The molecule has 0 aliphatic heterocycles. The number of nitrogens with one attached hydrogen (secondary N) is 4. The van der Waals surface area contributed by atoms with E-state index in [0.717, 1.165) is 0 Å². The fourth-order valence-corrected chi connectivity index (χ4v) is 4.58. The highest BCUT2D eigenvalue weighted by atomic mass is 32.2. The first-order valence-corrected chi connectivity index (χ1v) is 13.1. The molecule has 8 nitrogen and oxygen atoms in total. The van der Waals surface area contributed by atoms with Crippen LogP contribution >= 0.6 is 0 Å². The maximum atomic E-state index is 11.7. The second-order valence-corrected chi connectivity index (χ2v) is 9.71. The first kappa shape index (κ1) is 24.6. The smallest absolute Gasteiger partial charge is 0.267 e. The van der Waals surface area contributed by atoms with Crippen molar-refractivity contribution in [1.82, 2.24) is 0 Å². The largest absolute Gasteiger partial charge is 0.321 e. The lowest BCUT2D eigenvalue weighted by atomic mass is 10.3. The molecule has 10 heteroatoms. The molecule has 0 amide bonds. The van der Waals surface area contributed by atoms with Gasteiger partial charge in [-0.1, -0.05) is 72.8 Å². The Hall–Kier alpha value is -4.02. The lowest BCUT2D eigenvalue weighted by molar-refractivity contribution is 0.604. The number of benzene rings is 4. The third-order valence-corrected chi connectivity index (χ3v) is 6.12. The standard InChI is InChI=1S/2C12H12N2O2S/c2*15-17(16,13-11-7-3-1-4-8-11)14-12-9-5-2-6-10-12/h2*1-10,13-14H. The minimum atomic E-state index is -3.59. The van der Waals surface area contributed by atoms with Gasteiger partial charge in [-0.3, -0.25) is 18.9 Å². The summed E-state index contributed by atoms with van der Waals surface area (Å²) in [7, 11) is -7.18. The Morgan fingerprint density at radius 2 is 0.500 bits per heavy atom. The van der Waals surface area contributed by atoms with E-state index in [4.69, 9.17) is 0 Å². The van der Waals surface area contributed by atoms with Crippen LogP contribution in [-0.4, -0.2) is 16.8 Å². The molecule has 0 aliphatic carbocycles. The van der Waals surface area contributed by atoms with Crippen LogP contribution in [0.4, 0.5) is 22.7 Å². The fourth-order valence-electron chi connectivity index (χ4n) is 2.70. The molecule has 176 valence electrons. The third kappa shape index (κ3) is 8.85. The SMILES string of the molecule is O=S(=O)(Nc1ccccc1)Nc1ccccc1.O=S(=O)(Nc1ccccc1)Nc1ccccc1. The molecule has 0 fully saturated rings. The van der Waals surface area contributed by atoms with Gasteiger partial charge in [-0.25, -0.2) is 0 Å². The highest BCUT2D eigenvalue weighted by molar-refractivity contribution is 7.94. The van der Waals surface area contributed by atoms with Gasteiger partial charge in [0.05, 0.1) is 22.7 Å². The molecule has 0 spiro atoms. The molecule has 0 radical (unpaired) electrons. The van der Waals surface area contributed by atoms with E-state index >= 15 is 0 Å². The first-order valence-electron chi connectivity index (χ1n) is 10.1. The van der Waals surface area contributed by atoms with Crippen molar-refractivity contribution in [3.05, 3.63) is 121 Å². The Labute approximate surface area is 200 Å². The zero-order chi connectivity index (χ0) is 24.3. The summed E-state index contributed by atoms with van der Waals surface area (Å²) in [5, 5.41) is 0.